The molecule has 5 aromatic rings. The molecule has 2 saturated heterocycles. The van der Waals surface area contributed by atoms with Crippen LogP contribution in [0, 0.1) is 21.8 Å². The van der Waals surface area contributed by atoms with Crippen LogP contribution in [0.15, 0.2) is 90.1 Å². The summed E-state index contributed by atoms with van der Waals surface area (Å²) in [5.41, 5.74) is 4.30. The number of carbonyl (C=O) groups is 1. The van der Waals surface area contributed by atoms with Gasteiger partial charge in [-0.15, -0.1) is 0 Å². The number of nitro groups is 1. The quantitative estimate of drug-likeness (QED) is 0.0769. The molecule has 312 valence electrons. The molecule has 2 aliphatic carbocycles. The molecule has 0 spiro atoms. The summed E-state index contributed by atoms with van der Waals surface area (Å²) in [7, 11) is -4.56. The molecule has 0 radical (unpaired) electrons. The number of nitrogens with one attached hydrogen (secondary N) is 3. The molecule has 4 aliphatic rings. The third-order valence-electron chi connectivity index (χ3n) is 12.4. The van der Waals surface area contributed by atoms with Crippen LogP contribution in [-0.2, 0) is 14.8 Å². The first-order chi connectivity index (χ1) is 29.1. The number of halogens is 1. The predicted octanol–water partition coefficient (Wildman–Crippen LogP) is 9.01. The van der Waals surface area contributed by atoms with Gasteiger partial charge >= 0.3 is 0 Å². The molecule has 1 saturated carbocycles. The van der Waals surface area contributed by atoms with Crippen LogP contribution in [0.4, 0.5) is 15.8 Å². The molecule has 2 aromatic heterocycles. The Balaban J connectivity index is 0.952. The van der Waals surface area contributed by atoms with Gasteiger partial charge < -0.3 is 19.8 Å². The van der Waals surface area contributed by atoms with Crippen molar-refractivity contribution in [3.63, 3.8) is 0 Å². The third-order valence-corrected chi connectivity index (χ3v) is 13.7. The number of likely N-dealkylation sites (tertiary alicyclic amines) is 1. The lowest BCUT2D eigenvalue weighted by Gasteiger charge is -2.35. The van der Waals surface area contributed by atoms with E-state index in [1.54, 1.807) is 30.5 Å². The number of pyridine rings is 1. The summed E-state index contributed by atoms with van der Waals surface area (Å²) in [4.78, 5) is 34.8. The molecule has 2 atom stereocenters. The number of aromatic nitrogens is 2. The van der Waals surface area contributed by atoms with E-state index >= 15 is 4.39 Å². The number of allylic oxidation sites excluding steroid dienone is 1. The van der Waals surface area contributed by atoms with Gasteiger partial charge in [-0.25, -0.2) is 22.5 Å². The van der Waals surface area contributed by atoms with Crippen LogP contribution in [0.2, 0.25) is 0 Å². The zero-order chi connectivity index (χ0) is 41.4. The lowest BCUT2D eigenvalue weighted by atomic mass is 9.88. The van der Waals surface area contributed by atoms with Crippen molar-refractivity contribution in [1.29, 1.82) is 0 Å². The second-order valence-electron chi connectivity index (χ2n) is 16.3. The fourth-order valence-corrected chi connectivity index (χ4v) is 9.93. The fourth-order valence-electron chi connectivity index (χ4n) is 8.95. The minimum atomic E-state index is -4.56. The van der Waals surface area contributed by atoms with E-state index in [0.717, 1.165) is 79.6 Å². The number of hydrogen-bond acceptors (Lipinski definition) is 10. The summed E-state index contributed by atoms with van der Waals surface area (Å²) in [6.45, 7) is 2.64. The molecular weight excluding hydrogens is 788 g/mol. The molecule has 0 bridgehead atoms. The molecule has 15 heteroatoms. The van der Waals surface area contributed by atoms with Crippen molar-refractivity contribution >= 4 is 43.9 Å². The van der Waals surface area contributed by atoms with Gasteiger partial charge in [-0.2, -0.15) is 0 Å². The number of anilines is 1. The number of H-pyrrole nitrogens is 1. The highest BCUT2D eigenvalue weighted by atomic mass is 32.2. The van der Waals surface area contributed by atoms with E-state index in [4.69, 9.17) is 9.47 Å². The summed E-state index contributed by atoms with van der Waals surface area (Å²) < 4.78 is 56.4. The Morgan fingerprint density at radius 3 is 2.65 bits per heavy atom. The van der Waals surface area contributed by atoms with Crippen molar-refractivity contribution < 1.29 is 32.0 Å². The minimum absolute atomic E-state index is 0.0478. The molecular formula is C45H47FN6O7S. The Labute approximate surface area is 347 Å². The first-order valence-corrected chi connectivity index (χ1v) is 22.2. The molecule has 9 rings (SSSR count). The van der Waals surface area contributed by atoms with Gasteiger partial charge in [0.15, 0.2) is 0 Å². The van der Waals surface area contributed by atoms with Crippen LogP contribution in [-0.4, -0.2) is 66.5 Å². The zero-order valence-corrected chi connectivity index (χ0v) is 33.9. The molecule has 60 heavy (non-hydrogen) atoms. The van der Waals surface area contributed by atoms with Gasteiger partial charge in [0.25, 0.3) is 21.6 Å². The van der Waals surface area contributed by atoms with Crippen LogP contribution in [0.3, 0.4) is 0 Å². The monoisotopic (exact) mass is 834 g/mol. The maximum atomic E-state index is 15.2. The van der Waals surface area contributed by atoms with Gasteiger partial charge in [0, 0.05) is 55.1 Å². The summed E-state index contributed by atoms with van der Waals surface area (Å²) in [5.74, 6) is 0.180. The van der Waals surface area contributed by atoms with Crippen molar-refractivity contribution in [3.05, 3.63) is 123 Å². The number of rotatable bonds is 13. The standard InChI is InChI=1S/C45H47FN6O7S/c46-39-13-8-31(29-3-4-29)23-38(39)41-2-1-19-51(41)34-9-5-30(6-10-34)32-7-12-37(43(24-32)59-35-22-33-15-18-47-44(33)49-27-35)45(53)50-60(56,57)36-11-14-40(42(25-36)52(54)55)48-26-28-16-20-58-21-17-28/h5,7-8,11-15,18,22-25,27-29,34,41,48H,1-4,6,9-10,16-17,19-21,26H2,(H,47,49)(H,50,53). The molecule has 3 aromatic carbocycles. The maximum Gasteiger partial charge on any atom is 0.293 e. The van der Waals surface area contributed by atoms with Crippen LogP contribution in [0.5, 0.6) is 11.5 Å². The topological polar surface area (TPSA) is 169 Å². The van der Waals surface area contributed by atoms with E-state index in [1.165, 1.54) is 42.8 Å². The minimum Gasteiger partial charge on any atom is -0.455 e. The van der Waals surface area contributed by atoms with Crippen LogP contribution in [0.25, 0.3) is 16.6 Å². The van der Waals surface area contributed by atoms with Crippen LogP contribution >= 0.6 is 0 Å². The van der Waals surface area contributed by atoms with E-state index in [2.05, 4.69) is 37.0 Å². The number of amides is 1. The number of aromatic amines is 1. The number of nitro benzene ring substituents is 1. The number of nitrogens with zero attached hydrogens (tertiary/aromatic N) is 3. The Hall–Kier alpha value is -5.64. The Kier molecular flexibility index (Phi) is 11.1. The smallest absolute Gasteiger partial charge is 0.293 e. The average Bonchev–Trinajstić information content (AvgIpc) is 3.80. The molecule has 3 N–H and O–H groups in total. The normalized spacial score (nSPS) is 20.2. The number of ether oxygens (including phenoxy) is 2. The third kappa shape index (κ3) is 8.51. The number of fused-ring (bicyclic) bond motifs is 1. The summed E-state index contributed by atoms with van der Waals surface area (Å²) in [6.07, 6.45) is 13.8. The number of benzene rings is 3. The van der Waals surface area contributed by atoms with Crippen LogP contribution < -0.4 is 14.8 Å². The van der Waals surface area contributed by atoms with Crippen molar-refractivity contribution in [2.45, 2.75) is 80.7 Å². The second kappa shape index (κ2) is 16.8. The van der Waals surface area contributed by atoms with Gasteiger partial charge in [0.05, 0.1) is 21.6 Å². The molecule has 1 amide bonds. The van der Waals surface area contributed by atoms with E-state index in [0.29, 0.717) is 37.1 Å². The maximum absolute atomic E-state index is 15.2. The van der Waals surface area contributed by atoms with E-state index < -0.39 is 31.4 Å². The van der Waals surface area contributed by atoms with Gasteiger partial charge in [-0.05, 0) is 135 Å². The Bertz CT molecular complexity index is 2590. The highest BCUT2D eigenvalue weighted by Gasteiger charge is 2.35. The fraction of sp³-hybridized carbons (Fsp3) is 0.378. The van der Waals surface area contributed by atoms with Crippen molar-refractivity contribution in [2.24, 2.45) is 5.92 Å². The summed E-state index contributed by atoms with van der Waals surface area (Å²) in [6, 6.07) is 18.2. The Morgan fingerprint density at radius 2 is 1.87 bits per heavy atom. The SMILES string of the molecule is O=C(NS(=O)(=O)c1ccc(NCC2CCOCC2)c([N+](=O)[O-])c1)c1ccc(C2=CCC(N3CCCC3c3cc(C4CC4)ccc3F)CC2)cc1Oc1cnc2[nH]ccc2c1. The molecule has 13 nitrogen and oxygen atoms in total. The molecule has 4 heterocycles. The molecule has 2 unspecified atom stereocenters. The van der Waals surface area contributed by atoms with E-state index in [9.17, 15) is 23.3 Å². The number of hydrogen-bond donors (Lipinski definition) is 3. The van der Waals surface area contributed by atoms with Crippen molar-refractivity contribution in [3.8, 4) is 11.5 Å². The second-order valence-corrected chi connectivity index (χ2v) is 18.0. The highest BCUT2D eigenvalue weighted by molar-refractivity contribution is 7.90. The summed E-state index contributed by atoms with van der Waals surface area (Å²) >= 11 is 0. The number of carbonyl (C=O) groups excluding carboxylic acids is 1. The Morgan fingerprint density at radius 1 is 1.02 bits per heavy atom. The lowest BCUT2D eigenvalue weighted by Crippen LogP contribution is -2.36. The first-order valence-electron chi connectivity index (χ1n) is 20.8. The zero-order valence-electron chi connectivity index (χ0n) is 33.1. The van der Waals surface area contributed by atoms with Crippen LogP contribution in [0.1, 0.15) is 96.8 Å². The van der Waals surface area contributed by atoms with Gasteiger partial charge in [-0.3, -0.25) is 19.8 Å². The largest absolute Gasteiger partial charge is 0.455 e. The highest BCUT2D eigenvalue weighted by Crippen LogP contribution is 2.44. The van der Waals surface area contributed by atoms with E-state index in [-0.39, 0.29) is 40.8 Å². The number of sulfonamides is 1. The molecule has 2 aliphatic heterocycles. The predicted molar refractivity (Wildman–Crippen MR) is 225 cm³/mol. The summed E-state index contributed by atoms with van der Waals surface area (Å²) in [5, 5.41) is 15.9. The van der Waals surface area contributed by atoms with Crippen molar-refractivity contribution in [1.82, 2.24) is 19.6 Å². The molecule has 3 fully saturated rings. The average molecular weight is 835 g/mol. The van der Waals surface area contributed by atoms with E-state index in [1.807, 2.05) is 12.1 Å². The lowest BCUT2D eigenvalue weighted by molar-refractivity contribution is -0.384. The van der Waals surface area contributed by atoms with Gasteiger partial charge in [0.2, 0.25) is 0 Å². The first kappa shape index (κ1) is 39.8. The van der Waals surface area contributed by atoms with Gasteiger partial charge in [-0.1, -0.05) is 24.3 Å². The van der Waals surface area contributed by atoms with Crippen molar-refractivity contribution in [2.75, 3.05) is 31.6 Å². The van der Waals surface area contributed by atoms with Gasteiger partial charge in [0.1, 0.15) is 28.7 Å².